The van der Waals surface area contributed by atoms with Crippen LogP contribution in [0, 0.1) is 12.1 Å². The number of aromatic nitrogens is 1. The summed E-state index contributed by atoms with van der Waals surface area (Å²) in [6.45, 7) is 4.27. The molecule has 2 rings (SSSR count). The lowest BCUT2D eigenvalue weighted by Crippen LogP contribution is -2.27. The number of allylic oxidation sites excluding steroid dienone is 5. The summed E-state index contributed by atoms with van der Waals surface area (Å²) in [5, 5.41) is 12.8. The average molecular weight is 311 g/mol. The van der Waals surface area contributed by atoms with Gasteiger partial charge in [0.1, 0.15) is 18.1 Å². The third-order valence-corrected chi connectivity index (χ3v) is 3.45. The van der Waals surface area contributed by atoms with E-state index in [9.17, 15) is 5.21 Å². The zero-order valence-corrected chi connectivity index (χ0v) is 13.7. The Bertz CT molecular complexity index is 761. The number of rotatable bonds is 6. The molecule has 1 aromatic carbocycles. The molecule has 0 saturated carbocycles. The summed E-state index contributed by atoms with van der Waals surface area (Å²) >= 11 is 0. The zero-order chi connectivity index (χ0) is 16.7. The second kappa shape index (κ2) is 8.03. The zero-order valence-electron chi connectivity index (χ0n) is 13.7. The molecule has 2 aromatic rings. The molecule has 0 atom stereocenters. The van der Waals surface area contributed by atoms with E-state index in [1.165, 1.54) is 6.20 Å². The van der Waals surface area contributed by atoms with E-state index >= 15 is 0 Å². The predicted molar refractivity (Wildman–Crippen MR) is 92.8 cm³/mol. The van der Waals surface area contributed by atoms with Gasteiger partial charge in [-0.05, 0) is 32.1 Å². The third-order valence-electron chi connectivity index (χ3n) is 3.45. The van der Waals surface area contributed by atoms with Crippen LogP contribution in [0.3, 0.4) is 0 Å². The minimum atomic E-state index is 0.434. The number of fused-ring (bicyclic) bond motifs is 1. The summed E-state index contributed by atoms with van der Waals surface area (Å²) in [6.07, 6.45) is 13.1. The Morgan fingerprint density at radius 1 is 1.09 bits per heavy atom. The van der Waals surface area contributed by atoms with Gasteiger partial charge in [0, 0.05) is 6.07 Å². The van der Waals surface area contributed by atoms with Gasteiger partial charge in [0.15, 0.2) is 6.20 Å². The normalized spacial score (nSPS) is 12.0. The van der Waals surface area contributed by atoms with Crippen molar-refractivity contribution in [3.8, 4) is 11.5 Å². The maximum atomic E-state index is 12.1. The highest BCUT2D eigenvalue weighted by Crippen LogP contribution is 2.30. The quantitative estimate of drug-likeness (QED) is 0.462. The Morgan fingerprint density at radius 3 is 2.61 bits per heavy atom. The fourth-order valence-corrected chi connectivity index (χ4v) is 2.32. The van der Waals surface area contributed by atoms with Crippen molar-refractivity contribution in [3.63, 3.8) is 0 Å². The van der Waals surface area contributed by atoms with E-state index in [0.29, 0.717) is 23.6 Å². The van der Waals surface area contributed by atoms with E-state index in [0.717, 1.165) is 15.7 Å². The Kier molecular flexibility index (Phi) is 5.80. The van der Waals surface area contributed by atoms with Crippen molar-refractivity contribution < 1.29 is 14.2 Å². The first-order valence-electron chi connectivity index (χ1n) is 7.45. The molecule has 0 fully saturated rings. The minimum Gasteiger partial charge on any atom is -0.618 e. The summed E-state index contributed by atoms with van der Waals surface area (Å²) in [4.78, 5) is 0. The summed E-state index contributed by atoms with van der Waals surface area (Å²) in [6, 6.07) is 5.38. The van der Waals surface area contributed by atoms with Crippen molar-refractivity contribution in [3.05, 3.63) is 71.6 Å². The molecule has 23 heavy (non-hydrogen) atoms. The molecule has 120 valence electrons. The average Bonchev–Trinajstić information content (AvgIpc) is 2.56. The van der Waals surface area contributed by atoms with Gasteiger partial charge in [-0.1, -0.05) is 30.4 Å². The smallest absolute Gasteiger partial charge is 0.234 e. The highest BCUT2D eigenvalue weighted by atomic mass is 16.5. The number of nitrogens with zero attached hydrogens (tertiary/aromatic N) is 1. The second-order valence-corrected chi connectivity index (χ2v) is 4.94. The number of pyridine rings is 1. The molecule has 0 amide bonds. The molecular formula is C19H21NO3. The molecule has 0 N–H and O–H groups in total. The first kappa shape index (κ1) is 16.6. The number of aryl methyl sites for hydroxylation is 1. The van der Waals surface area contributed by atoms with Gasteiger partial charge in [0.2, 0.25) is 5.52 Å². The maximum absolute atomic E-state index is 12.1. The monoisotopic (exact) mass is 311 g/mol. The van der Waals surface area contributed by atoms with Gasteiger partial charge < -0.3 is 14.7 Å². The summed E-state index contributed by atoms with van der Waals surface area (Å²) in [5.41, 5.74) is 1.37. The largest absolute Gasteiger partial charge is 0.618 e. The fraction of sp³-hybridized carbons (Fsp3) is 0.211. The van der Waals surface area contributed by atoms with Gasteiger partial charge in [-0.2, -0.15) is 4.73 Å². The number of hydrogen-bond acceptors (Lipinski definition) is 3. The van der Waals surface area contributed by atoms with Gasteiger partial charge in [0.25, 0.3) is 0 Å². The lowest BCUT2D eigenvalue weighted by atomic mass is 10.1. The van der Waals surface area contributed by atoms with Crippen LogP contribution in [0.2, 0.25) is 0 Å². The van der Waals surface area contributed by atoms with E-state index < -0.39 is 0 Å². The molecule has 0 saturated heterocycles. The minimum absolute atomic E-state index is 0.434. The van der Waals surface area contributed by atoms with Crippen LogP contribution in [0.1, 0.15) is 12.5 Å². The fourth-order valence-electron chi connectivity index (χ4n) is 2.32. The van der Waals surface area contributed by atoms with Crippen LogP contribution in [0.4, 0.5) is 0 Å². The van der Waals surface area contributed by atoms with Gasteiger partial charge in [-0.25, -0.2) is 0 Å². The van der Waals surface area contributed by atoms with Gasteiger partial charge in [0.05, 0.1) is 18.1 Å². The van der Waals surface area contributed by atoms with Crippen LogP contribution in [0.25, 0.3) is 10.9 Å². The first-order chi connectivity index (χ1) is 11.2. The highest BCUT2D eigenvalue weighted by molar-refractivity contribution is 5.86. The molecule has 0 aliphatic heterocycles. The molecule has 0 radical (unpaired) electrons. The Balaban J connectivity index is 2.22. The summed E-state index contributed by atoms with van der Waals surface area (Å²) in [5.74, 6) is 1.37. The topological polar surface area (TPSA) is 45.4 Å². The number of methoxy groups -OCH3 is 1. The van der Waals surface area contributed by atoms with Crippen LogP contribution in [0.5, 0.6) is 11.5 Å². The Hall–Kier alpha value is -2.75. The molecule has 0 unspecified atom stereocenters. The molecule has 1 aromatic heterocycles. The molecule has 1 heterocycles. The van der Waals surface area contributed by atoms with Crippen molar-refractivity contribution >= 4 is 10.9 Å². The van der Waals surface area contributed by atoms with Gasteiger partial charge in [-0.15, -0.1) is 0 Å². The van der Waals surface area contributed by atoms with Crippen LogP contribution in [0.15, 0.2) is 60.9 Å². The standard InChI is InChI=1S/C19H21NO3/c1-4-5-6-7-8-9-14-23-18-12-13-20(21)19-15(2)17(22-3)11-10-16(18)19/h4-13H,14H2,1-3H3/b5-4-,7-6-,9-8+. The SMILES string of the molecule is C\C=C/C=C\C=C\COc1cc[n+]([O-])c2c(C)c(OC)ccc12. The van der Waals surface area contributed by atoms with E-state index in [1.807, 2.05) is 62.4 Å². The first-order valence-corrected chi connectivity index (χ1v) is 7.45. The molecule has 0 aliphatic carbocycles. The lowest BCUT2D eigenvalue weighted by Gasteiger charge is -2.11. The predicted octanol–water partition coefficient (Wildman–Crippen LogP) is 3.86. The van der Waals surface area contributed by atoms with Crippen molar-refractivity contribution in [2.75, 3.05) is 13.7 Å². The number of ether oxygens (including phenoxy) is 2. The molecule has 4 nitrogen and oxygen atoms in total. The second-order valence-electron chi connectivity index (χ2n) is 4.94. The third kappa shape index (κ3) is 3.92. The summed E-state index contributed by atoms with van der Waals surface area (Å²) < 4.78 is 11.9. The summed E-state index contributed by atoms with van der Waals surface area (Å²) in [7, 11) is 1.59. The highest BCUT2D eigenvalue weighted by Gasteiger charge is 2.15. The van der Waals surface area contributed by atoms with E-state index in [2.05, 4.69) is 0 Å². The van der Waals surface area contributed by atoms with Crippen LogP contribution in [-0.4, -0.2) is 13.7 Å². The van der Waals surface area contributed by atoms with E-state index in [4.69, 9.17) is 9.47 Å². The molecule has 0 bridgehead atoms. The van der Waals surface area contributed by atoms with Crippen molar-refractivity contribution in [2.45, 2.75) is 13.8 Å². The molecule has 4 heteroatoms. The Labute approximate surface area is 136 Å². The molecule has 0 aliphatic rings. The number of benzene rings is 1. The van der Waals surface area contributed by atoms with Crippen LogP contribution >= 0.6 is 0 Å². The van der Waals surface area contributed by atoms with E-state index in [-0.39, 0.29) is 0 Å². The lowest BCUT2D eigenvalue weighted by molar-refractivity contribution is -0.577. The van der Waals surface area contributed by atoms with Crippen molar-refractivity contribution in [1.82, 2.24) is 0 Å². The van der Waals surface area contributed by atoms with Crippen molar-refractivity contribution in [2.24, 2.45) is 0 Å². The Morgan fingerprint density at radius 2 is 1.87 bits per heavy atom. The molecular weight excluding hydrogens is 290 g/mol. The van der Waals surface area contributed by atoms with E-state index in [1.54, 1.807) is 13.2 Å². The van der Waals surface area contributed by atoms with Crippen LogP contribution in [-0.2, 0) is 0 Å². The van der Waals surface area contributed by atoms with Crippen molar-refractivity contribution in [1.29, 1.82) is 0 Å². The molecule has 0 spiro atoms. The number of hydrogen-bond donors (Lipinski definition) is 0. The maximum Gasteiger partial charge on any atom is 0.234 e. The van der Waals surface area contributed by atoms with Crippen LogP contribution < -0.4 is 14.2 Å². The van der Waals surface area contributed by atoms with Gasteiger partial charge >= 0.3 is 0 Å². The van der Waals surface area contributed by atoms with Gasteiger partial charge in [-0.3, -0.25) is 0 Å².